The summed E-state index contributed by atoms with van der Waals surface area (Å²) >= 11 is 0.234. The molecule has 0 aliphatic rings. The highest BCUT2D eigenvalue weighted by atomic mass is 27.0. The Morgan fingerprint density at radius 1 is 0.846 bits per heavy atom. The fraction of sp³-hybridized carbons (Fsp3) is 1.00. The lowest BCUT2D eigenvalue weighted by Crippen LogP contribution is -2.50. The molecule has 0 radical (unpaired) electrons. The number of rotatable bonds is 5. The van der Waals surface area contributed by atoms with Gasteiger partial charge in [-0.15, -0.1) is 0 Å². The third kappa shape index (κ3) is 3.89. The van der Waals surface area contributed by atoms with E-state index in [-0.39, 0.29) is 16.3 Å². The van der Waals surface area contributed by atoms with E-state index in [1.165, 1.54) is 0 Å². The van der Waals surface area contributed by atoms with Crippen LogP contribution in [0.3, 0.4) is 0 Å². The minimum Gasteiger partial charge on any atom is -0.406 e. The predicted octanol–water partition coefficient (Wildman–Crippen LogP) is -4.63. The van der Waals surface area contributed by atoms with E-state index in [1.54, 1.807) is 0 Å². The van der Waals surface area contributed by atoms with Gasteiger partial charge < -0.3 is 30.6 Å². The Labute approximate surface area is 83.5 Å². The minimum atomic E-state index is -1.66. The molecular weight excluding hydrogens is 195 g/mol. The number of hydrogen-bond acceptors (Lipinski definition) is 6. The van der Waals surface area contributed by atoms with Crippen molar-refractivity contribution in [3.63, 3.8) is 0 Å². The Hall–Kier alpha value is 0.292. The quantitative estimate of drug-likeness (QED) is 0.254. The molecule has 0 aromatic rings. The van der Waals surface area contributed by atoms with Crippen LogP contribution in [-0.4, -0.2) is 82.9 Å². The van der Waals surface area contributed by atoms with Gasteiger partial charge in [0.15, 0.2) is 0 Å². The molecule has 5 atom stereocenters. The van der Waals surface area contributed by atoms with E-state index < -0.39 is 36.0 Å². The van der Waals surface area contributed by atoms with Crippen molar-refractivity contribution >= 4 is 16.3 Å². The summed E-state index contributed by atoms with van der Waals surface area (Å²) in [5, 5.41) is 53.5. The first-order valence-corrected chi connectivity index (χ1v) is 5.08. The van der Waals surface area contributed by atoms with Crippen LogP contribution in [0.25, 0.3) is 0 Å². The van der Waals surface area contributed by atoms with Gasteiger partial charge in [0.05, 0.1) is 12.7 Å². The first-order valence-electron chi connectivity index (χ1n) is 3.93. The molecule has 0 aliphatic carbocycles. The Kier molecular flexibility index (Phi) is 6.04. The number of aliphatic hydroxyl groups excluding tert-OH is 6. The van der Waals surface area contributed by atoms with E-state index in [0.717, 1.165) is 0 Å². The summed E-state index contributed by atoms with van der Waals surface area (Å²) in [6.07, 6.45) is -6.34. The van der Waals surface area contributed by atoms with Crippen LogP contribution in [0.2, 0.25) is 0 Å². The van der Waals surface area contributed by atoms with Crippen LogP contribution in [0.5, 0.6) is 0 Å². The zero-order valence-corrected chi connectivity index (χ0v) is 9.28. The van der Waals surface area contributed by atoms with E-state index in [1.807, 2.05) is 0 Å². The molecule has 0 rings (SSSR count). The molecule has 13 heavy (non-hydrogen) atoms. The van der Waals surface area contributed by atoms with Crippen molar-refractivity contribution in [2.75, 3.05) is 6.61 Å². The lowest BCUT2D eigenvalue weighted by atomic mass is 10.0. The van der Waals surface area contributed by atoms with Gasteiger partial charge in [-0.1, -0.05) is 0 Å². The van der Waals surface area contributed by atoms with Crippen molar-refractivity contribution in [1.82, 2.24) is 0 Å². The maximum Gasteiger partial charge on any atom is 0.262 e. The van der Waals surface area contributed by atoms with Gasteiger partial charge in [0, 0.05) is 4.97 Å². The molecule has 0 fully saturated rings. The topological polar surface area (TPSA) is 121 Å². The maximum absolute atomic E-state index is 9.15. The van der Waals surface area contributed by atoms with E-state index in [2.05, 4.69) is 0 Å². The number of aliphatic hydroxyl groups is 6. The van der Waals surface area contributed by atoms with Crippen LogP contribution in [0.1, 0.15) is 0 Å². The monoisotopic (exact) mass is 210 g/mol. The second-order valence-corrected chi connectivity index (χ2v) is 4.15. The summed E-state index contributed by atoms with van der Waals surface area (Å²) in [5.41, 5.74) is 0. The molecule has 0 bridgehead atoms. The Morgan fingerprint density at radius 3 is 1.62 bits per heavy atom. The van der Waals surface area contributed by atoms with Crippen molar-refractivity contribution in [3.05, 3.63) is 0 Å². The normalized spacial score (nSPS) is 23.2. The maximum atomic E-state index is 9.15. The Balaban J connectivity index is 4.15. The SMILES string of the molecule is OC[C@@H](O)[C@@H](O)[C@H](O)[C@@H](O)[CH](O)[AlH2]. The third-order valence-electron chi connectivity index (χ3n) is 1.78. The smallest absolute Gasteiger partial charge is 0.262 e. The molecular formula is C6H15AlO6. The van der Waals surface area contributed by atoms with Crippen molar-refractivity contribution in [2.24, 2.45) is 0 Å². The largest absolute Gasteiger partial charge is 0.406 e. The average molecular weight is 210 g/mol. The molecule has 0 amide bonds. The van der Waals surface area contributed by atoms with Crippen molar-refractivity contribution < 1.29 is 30.6 Å². The van der Waals surface area contributed by atoms with Gasteiger partial charge >= 0.3 is 0 Å². The van der Waals surface area contributed by atoms with Crippen molar-refractivity contribution in [3.8, 4) is 0 Å². The fourth-order valence-electron chi connectivity index (χ4n) is 0.823. The second kappa shape index (κ2) is 5.91. The summed E-state index contributed by atoms with van der Waals surface area (Å²) in [5.74, 6) is 0. The zero-order valence-electron chi connectivity index (χ0n) is 7.28. The number of hydrogen-bond donors (Lipinski definition) is 6. The Bertz CT molecular complexity index is 143. The van der Waals surface area contributed by atoms with Gasteiger partial charge in [-0.05, 0) is 0 Å². The van der Waals surface area contributed by atoms with Crippen LogP contribution >= 0.6 is 0 Å². The molecule has 6 nitrogen and oxygen atoms in total. The third-order valence-corrected chi connectivity index (χ3v) is 2.46. The Morgan fingerprint density at radius 2 is 1.31 bits per heavy atom. The van der Waals surface area contributed by atoms with Gasteiger partial charge in [-0.3, -0.25) is 0 Å². The van der Waals surface area contributed by atoms with Crippen LogP contribution in [0.4, 0.5) is 0 Å². The van der Waals surface area contributed by atoms with Crippen LogP contribution < -0.4 is 0 Å². The summed E-state index contributed by atoms with van der Waals surface area (Å²) in [4.78, 5) is -1.09. The van der Waals surface area contributed by atoms with E-state index in [4.69, 9.17) is 30.6 Å². The molecule has 1 unspecified atom stereocenters. The molecule has 0 saturated carbocycles. The molecule has 0 spiro atoms. The molecule has 0 aromatic heterocycles. The van der Waals surface area contributed by atoms with Gasteiger partial charge in [-0.25, -0.2) is 0 Å². The van der Waals surface area contributed by atoms with Gasteiger partial charge in [0.1, 0.15) is 18.3 Å². The van der Waals surface area contributed by atoms with E-state index in [0.29, 0.717) is 0 Å². The first-order chi connectivity index (χ1) is 5.91. The highest BCUT2D eigenvalue weighted by molar-refractivity contribution is 6.11. The zero-order chi connectivity index (χ0) is 10.6. The van der Waals surface area contributed by atoms with Crippen LogP contribution in [0.15, 0.2) is 0 Å². The highest BCUT2D eigenvalue weighted by Gasteiger charge is 2.31. The van der Waals surface area contributed by atoms with Gasteiger partial charge in [0.25, 0.3) is 16.3 Å². The van der Waals surface area contributed by atoms with Gasteiger partial charge in [-0.2, -0.15) is 0 Å². The molecule has 7 heteroatoms. The van der Waals surface area contributed by atoms with E-state index >= 15 is 0 Å². The molecule has 6 N–H and O–H groups in total. The highest BCUT2D eigenvalue weighted by Crippen LogP contribution is 2.06. The summed E-state index contributed by atoms with van der Waals surface area (Å²) < 4.78 is 0. The average Bonchev–Trinajstić information content (AvgIpc) is 2.12. The first kappa shape index (κ1) is 13.3. The molecule has 78 valence electrons. The summed E-state index contributed by atoms with van der Waals surface area (Å²) in [6, 6.07) is 0. The molecule has 0 saturated heterocycles. The van der Waals surface area contributed by atoms with Crippen molar-refractivity contribution in [1.29, 1.82) is 0 Å². The van der Waals surface area contributed by atoms with Crippen LogP contribution in [-0.2, 0) is 0 Å². The van der Waals surface area contributed by atoms with E-state index in [9.17, 15) is 0 Å². The van der Waals surface area contributed by atoms with Gasteiger partial charge in [0.2, 0.25) is 0 Å². The fourth-order valence-corrected chi connectivity index (χ4v) is 1.22. The molecule has 0 aliphatic heterocycles. The predicted molar refractivity (Wildman–Crippen MR) is 45.7 cm³/mol. The summed E-state index contributed by atoms with van der Waals surface area (Å²) in [7, 11) is 0. The standard InChI is InChI=1S/C6H13O6.Al.2H/c7-1-3(9)5(11)6(12)4(10)2-8;;;/h1,3-12H,2H2;;;/t3-,4+,5+,6+;;;/m0.../s1. The van der Waals surface area contributed by atoms with Crippen LogP contribution in [0, 0.1) is 0 Å². The second-order valence-electron chi connectivity index (χ2n) is 2.96. The van der Waals surface area contributed by atoms with Crippen molar-refractivity contribution in [2.45, 2.75) is 29.4 Å². The lowest BCUT2D eigenvalue weighted by Gasteiger charge is -2.27. The summed E-state index contributed by atoms with van der Waals surface area (Å²) in [6.45, 7) is -0.720. The lowest BCUT2D eigenvalue weighted by molar-refractivity contribution is -0.129. The minimum absolute atomic E-state index is 0.234. The molecule has 0 heterocycles. The molecule has 0 aromatic carbocycles.